The van der Waals surface area contributed by atoms with Crippen molar-refractivity contribution in [1.82, 2.24) is 10.6 Å². The molecule has 0 bridgehead atoms. The molecule has 0 atom stereocenters. The second-order valence-electron chi connectivity index (χ2n) is 4.81. The fourth-order valence-corrected chi connectivity index (χ4v) is 2.48. The van der Waals surface area contributed by atoms with Crippen LogP contribution >= 0.6 is 39.9 Å². The summed E-state index contributed by atoms with van der Waals surface area (Å²) < 4.78 is 11.5. The Morgan fingerprint density at radius 2 is 1.95 bits per heavy atom. The zero-order valence-electron chi connectivity index (χ0n) is 13.7. The Balaban J connectivity index is 0.00000441. The van der Waals surface area contributed by atoms with Crippen LogP contribution < -0.4 is 20.1 Å². The predicted octanol–water partition coefficient (Wildman–Crippen LogP) is 3.55. The van der Waals surface area contributed by atoms with E-state index in [2.05, 4.69) is 45.4 Å². The van der Waals surface area contributed by atoms with Gasteiger partial charge in [0, 0.05) is 12.6 Å². The van der Waals surface area contributed by atoms with E-state index in [9.17, 15) is 0 Å². The van der Waals surface area contributed by atoms with Gasteiger partial charge in [-0.1, -0.05) is 0 Å². The highest BCUT2D eigenvalue weighted by Crippen LogP contribution is 2.36. The molecule has 22 heavy (non-hydrogen) atoms. The van der Waals surface area contributed by atoms with E-state index in [1.54, 1.807) is 14.2 Å². The van der Waals surface area contributed by atoms with Crippen molar-refractivity contribution in [3.63, 3.8) is 0 Å². The Morgan fingerprint density at radius 3 is 2.45 bits per heavy atom. The highest BCUT2D eigenvalue weighted by Gasteiger charge is 2.10. The van der Waals surface area contributed by atoms with Gasteiger partial charge in [-0.15, -0.1) is 24.0 Å². The van der Waals surface area contributed by atoms with Crippen molar-refractivity contribution in [3.8, 4) is 11.5 Å². The first-order valence-electron chi connectivity index (χ1n) is 6.97. The van der Waals surface area contributed by atoms with Crippen LogP contribution in [0, 0.1) is 0 Å². The molecule has 2 N–H and O–H groups in total. The van der Waals surface area contributed by atoms with Crippen LogP contribution in [0.15, 0.2) is 21.6 Å². The van der Waals surface area contributed by atoms with E-state index in [0.717, 1.165) is 22.5 Å². The Labute approximate surface area is 158 Å². The summed E-state index contributed by atoms with van der Waals surface area (Å²) in [7, 11) is 3.25. The molecule has 0 aliphatic rings. The summed E-state index contributed by atoms with van der Waals surface area (Å²) in [5.74, 6) is 2.19. The normalized spacial score (nSPS) is 11.0. The smallest absolute Gasteiger partial charge is 0.191 e. The van der Waals surface area contributed by atoms with Gasteiger partial charge in [0.1, 0.15) is 0 Å². The van der Waals surface area contributed by atoms with Crippen LogP contribution in [0.3, 0.4) is 0 Å². The largest absolute Gasteiger partial charge is 0.493 e. The minimum absolute atomic E-state index is 0. The van der Waals surface area contributed by atoms with E-state index >= 15 is 0 Å². The Morgan fingerprint density at radius 1 is 1.27 bits per heavy atom. The number of rotatable bonds is 6. The van der Waals surface area contributed by atoms with Gasteiger partial charge in [0.25, 0.3) is 0 Å². The van der Waals surface area contributed by atoms with E-state index in [1.165, 1.54) is 0 Å². The topological polar surface area (TPSA) is 54.9 Å². The lowest BCUT2D eigenvalue weighted by Gasteiger charge is -2.14. The fourth-order valence-electron chi connectivity index (χ4n) is 1.83. The van der Waals surface area contributed by atoms with E-state index in [4.69, 9.17) is 9.47 Å². The Hall–Kier alpha value is -0.700. The number of aliphatic imine (C=N–C) groups is 1. The van der Waals surface area contributed by atoms with Crippen LogP contribution in [-0.4, -0.2) is 32.8 Å². The highest BCUT2D eigenvalue weighted by atomic mass is 127. The second kappa shape index (κ2) is 10.9. The molecule has 0 aliphatic heterocycles. The monoisotopic (exact) mass is 485 g/mol. The standard InChI is InChI=1S/C15H24BrN3O2.HI/c1-6-17-15(19-10(2)3)18-9-11-7-12(16)14(21-5)13(8-11)20-4;/h7-8,10H,6,9H2,1-5H3,(H2,17,18,19);1H. The lowest BCUT2D eigenvalue weighted by Crippen LogP contribution is -2.40. The summed E-state index contributed by atoms with van der Waals surface area (Å²) in [5, 5.41) is 6.51. The van der Waals surface area contributed by atoms with Crippen LogP contribution in [0.4, 0.5) is 0 Å². The van der Waals surface area contributed by atoms with Gasteiger partial charge in [-0.2, -0.15) is 0 Å². The molecule has 0 saturated heterocycles. The van der Waals surface area contributed by atoms with E-state index < -0.39 is 0 Å². The quantitative estimate of drug-likeness (QED) is 0.367. The number of halogens is 2. The first-order valence-corrected chi connectivity index (χ1v) is 7.76. The van der Waals surface area contributed by atoms with Gasteiger partial charge in [-0.25, -0.2) is 4.99 Å². The van der Waals surface area contributed by atoms with Gasteiger partial charge in [0.2, 0.25) is 0 Å². The molecule has 1 aromatic rings. The molecule has 0 spiro atoms. The Kier molecular flexibility index (Phi) is 10.6. The van der Waals surface area contributed by atoms with Gasteiger partial charge in [-0.05, 0) is 54.4 Å². The number of hydrogen-bond donors (Lipinski definition) is 2. The molecule has 0 radical (unpaired) electrons. The van der Waals surface area contributed by atoms with Crippen LogP contribution in [0.25, 0.3) is 0 Å². The third-order valence-corrected chi connectivity index (χ3v) is 3.27. The molecule has 0 saturated carbocycles. The average molecular weight is 486 g/mol. The summed E-state index contributed by atoms with van der Waals surface area (Å²) in [6, 6.07) is 4.26. The zero-order valence-corrected chi connectivity index (χ0v) is 17.6. The number of methoxy groups -OCH3 is 2. The molecule has 0 amide bonds. The van der Waals surface area contributed by atoms with Crippen molar-refractivity contribution < 1.29 is 9.47 Å². The summed E-state index contributed by atoms with van der Waals surface area (Å²) in [6.45, 7) is 7.60. The summed E-state index contributed by atoms with van der Waals surface area (Å²) >= 11 is 3.49. The first kappa shape index (κ1) is 21.3. The van der Waals surface area contributed by atoms with Crippen molar-refractivity contribution in [2.75, 3.05) is 20.8 Å². The van der Waals surface area contributed by atoms with Crippen molar-refractivity contribution in [2.45, 2.75) is 33.4 Å². The second-order valence-corrected chi connectivity index (χ2v) is 5.66. The van der Waals surface area contributed by atoms with Crippen molar-refractivity contribution in [1.29, 1.82) is 0 Å². The fraction of sp³-hybridized carbons (Fsp3) is 0.533. The highest BCUT2D eigenvalue weighted by molar-refractivity contribution is 14.0. The lowest BCUT2D eigenvalue weighted by molar-refractivity contribution is 0.352. The van der Waals surface area contributed by atoms with Crippen LogP contribution in [-0.2, 0) is 6.54 Å². The van der Waals surface area contributed by atoms with Gasteiger partial charge < -0.3 is 20.1 Å². The molecule has 0 aliphatic carbocycles. The van der Waals surface area contributed by atoms with Crippen molar-refractivity contribution >= 4 is 45.9 Å². The molecular weight excluding hydrogens is 461 g/mol. The molecule has 5 nitrogen and oxygen atoms in total. The van der Waals surface area contributed by atoms with E-state index in [1.807, 2.05) is 19.1 Å². The molecule has 0 aromatic heterocycles. The van der Waals surface area contributed by atoms with Crippen molar-refractivity contribution in [2.24, 2.45) is 4.99 Å². The summed E-state index contributed by atoms with van der Waals surface area (Å²) in [6.07, 6.45) is 0. The number of nitrogens with one attached hydrogen (secondary N) is 2. The average Bonchev–Trinajstić information content (AvgIpc) is 2.43. The molecule has 1 rings (SSSR count). The molecule has 1 aromatic carbocycles. The number of guanidine groups is 1. The third-order valence-electron chi connectivity index (χ3n) is 2.68. The minimum Gasteiger partial charge on any atom is -0.493 e. The maximum atomic E-state index is 5.34. The van der Waals surface area contributed by atoms with Crippen LogP contribution in [0.5, 0.6) is 11.5 Å². The zero-order chi connectivity index (χ0) is 15.8. The molecule has 0 fully saturated rings. The third kappa shape index (κ3) is 6.60. The number of hydrogen-bond acceptors (Lipinski definition) is 3. The summed E-state index contributed by atoms with van der Waals surface area (Å²) in [4.78, 5) is 4.57. The molecule has 7 heteroatoms. The molecular formula is C15H25BrIN3O2. The minimum atomic E-state index is 0. The Bertz CT molecular complexity index is 496. The maximum absolute atomic E-state index is 5.34. The van der Waals surface area contributed by atoms with Crippen LogP contribution in [0.1, 0.15) is 26.3 Å². The number of ether oxygens (including phenoxy) is 2. The van der Waals surface area contributed by atoms with E-state index in [-0.39, 0.29) is 24.0 Å². The van der Waals surface area contributed by atoms with Crippen LogP contribution in [0.2, 0.25) is 0 Å². The van der Waals surface area contributed by atoms with Gasteiger partial charge >= 0.3 is 0 Å². The summed E-state index contributed by atoms with van der Waals surface area (Å²) in [5.41, 5.74) is 1.04. The number of benzene rings is 1. The lowest BCUT2D eigenvalue weighted by atomic mass is 10.2. The van der Waals surface area contributed by atoms with E-state index in [0.29, 0.717) is 24.1 Å². The molecule has 126 valence electrons. The predicted molar refractivity (Wildman–Crippen MR) is 106 cm³/mol. The number of nitrogens with zero attached hydrogens (tertiary/aromatic N) is 1. The van der Waals surface area contributed by atoms with Crippen molar-refractivity contribution in [3.05, 3.63) is 22.2 Å². The maximum Gasteiger partial charge on any atom is 0.191 e. The SMILES string of the molecule is CCNC(=NCc1cc(Br)c(OC)c(OC)c1)NC(C)C.I. The first-order chi connectivity index (χ1) is 10.0. The van der Waals surface area contributed by atoms with Gasteiger partial charge in [0.15, 0.2) is 17.5 Å². The molecule has 0 unspecified atom stereocenters. The van der Waals surface area contributed by atoms with Gasteiger partial charge in [0.05, 0.1) is 25.2 Å². The molecule has 0 heterocycles. The van der Waals surface area contributed by atoms with Gasteiger partial charge in [-0.3, -0.25) is 0 Å².